The predicted octanol–water partition coefficient (Wildman–Crippen LogP) is 0.772. The van der Waals surface area contributed by atoms with Crippen molar-refractivity contribution in [3.8, 4) is 0 Å². The van der Waals surface area contributed by atoms with Crippen molar-refractivity contribution in [3.63, 3.8) is 0 Å². The van der Waals surface area contributed by atoms with Crippen molar-refractivity contribution in [2.24, 2.45) is 5.14 Å². The molecule has 128 valence electrons. The van der Waals surface area contributed by atoms with Gasteiger partial charge in [0, 0.05) is 31.7 Å². The number of carbonyl (C=O) groups excluding carboxylic acids is 1. The highest BCUT2D eigenvalue weighted by Crippen LogP contribution is 2.15. The maximum atomic E-state index is 12.0. The zero-order valence-electron chi connectivity index (χ0n) is 13.4. The summed E-state index contributed by atoms with van der Waals surface area (Å²) >= 11 is 0. The number of ether oxygens (including phenoxy) is 1. The predicted molar refractivity (Wildman–Crippen MR) is 87.5 cm³/mol. The number of nitrogens with zero attached hydrogens (tertiary/aromatic N) is 1. The summed E-state index contributed by atoms with van der Waals surface area (Å²) in [5.74, 6) is -0.164. The molecule has 2 atom stereocenters. The third kappa shape index (κ3) is 5.58. The monoisotopic (exact) mass is 341 g/mol. The first-order valence-electron chi connectivity index (χ1n) is 7.54. The number of carbonyl (C=O) groups is 1. The lowest BCUT2D eigenvalue weighted by Crippen LogP contribution is -2.46. The molecule has 0 saturated carbocycles. The summed E-state index contributed by atoms with van der Waals surface area (Å²) in [5.41, 5.74) is 0.422. The molecule has 0 spiro atoms. The van der Waals surface area contributed by atoms with Gasteiger partial charge in [0.1, 0.15) is 0 Å². The summed E-state index contributed by atoms with van der Waals surface area (Å²) in [6.07, 6.45) is 0.653. The van der Waals surface area contributed by atoms with Gasteiger partial charge in [-0.05, 0) is 32.0 Å². The van der Waals surface area contributed by atoms with E-state index in [9.17, 15) is 13.2 Å². The molecule has 8 heteroatoms. The first-order chi connectivity index (χ1) is 10.7. The van der Waals surface area contributed by atoms with Crippen LogP contribution in [0.4, 0.5) is 5.69 Å². The molecule has 1 aromatic carbocycles. The largest absolute Gasteiger partial charge is 0.373 e. The van der Waals surface area contributed by atoms with Gasteiger partial charge in [0.2, 0.25) is 15.9 Å². The molecule has 1 amide bonds. The summed E-state index contributed by atoms with van der Waals surface area (Å²) in [4.78, 5) is 14.2. The second kappa shape index (κ2) is 7.39. The number of hydrogen-bond donors (Lipinski definition) is 2. The molecule has 7 nitrogen and oxygen atoms in total. The van der Waals surface area contributed by atoms with Gasteiger partial charge in [-0.3, -0.25) is 9.69 Å². The van der Waals surface area contributed by atoms with Crippen molar-refractivity contribution in [1.29, 1.82) is 0 Å². The maximum absolute atomic E-state index is 12.0. The number of amides is 1. The number of hydrogen-bond acceptors (Lipinski definition) is 5. The van der Waals surface area contributed by atoms with Crippen LogP contribution in [0.5, 0.6) is 0 Å². The quantitative estimate of drug-likeness (QED) is 0.824. The first kappa shape index (κ1) is 17.9. The molecule has 1 fully saturated rings. The molecule has 1 saturated heterocycles. The molecule has 3 N–H and O–H groups in total. The third-order valence-electron chi connectivity index (χ3n) is 3.60. The molecule has 1 aromatic rings. The second-order valence-electron chi connectivity index (χ2n) is 5.89. The van der Waals surface area contributed by atoms with Gasteiger partial charge in [-0.2, -0.15) is 0 Å². The summed E-state index contributed by atoms with van der Waals surface area (Å²) in [6.45, 7) is 6.28. The SMILES string of the molecule is CC1CN(CCC(=O)Nc2cccc(S(N)(=O)=O)c2)CC(C)O1. The van der Waals surface area contributed by atoms with E-state index < -0.39 is 10.0 Å². The summed E-state index contributed by atoms with van der Waals surface area (Å²) in [7, 11) is -3.78. The van der Waals surface area contributed by atoms with Gasteiger partial charge >= 0.3 is 0 Å². The number of anilines is 1. The van der Waals surface area contributed by atoms with E-state index in [1.807, 2.05) is 13.8 Å². The molecular formula is C15H23N3O4S. The smallest absolute Gasteiger partial charge is 0.238 e. The minimum atomic E-state index is -3.78. The van der Waals surface area contributed by atoms with Crippen LogP contribution >= 0.6 is 0 Å². The van der Waals surface area contributed by atoms with Gasteiger partial charge in [0.25, 0.3) is 0 Å². The molecule has 1 aliphatic rings. The number of nitrogens with two attached hydrogens (primary N) is 1. The van der Waals surface area contributed by atoms with Gasteiger partial charge in [0.05, 0.1) is 17.1 Å². The van der Waals surface area contributed by atoms with Gasteiger partial charge < -0.3 is 10.1 Å². The molecule has 1 heterocycles. The minimum absolute atomic E-state index is 0.0221. The van der Waals surface area contributed by atoms with E-state index in [1.165, 1.54) is 12.1 Å². The van der Waals surface area contributed by atoms with E-state index in [-0.39, 0.29) is 23.0 Å². The molecule has 0 radical (unpaired) electrons. The Balaban J connectivity index is 1.88. The van der Waals surface area contributed by atoms with Crippen molar-refractivity contribution in [2.75, 3.05) is 25.0 Å². The van der Waals surface area contributed by atoms with Crippen LogP contribution in [0.3, 0.4) is 0 Å². The Kier molecular flexibility index (Phi) is 5.74. The van der Waals surface area contributed by atoms with Crippen molar-refractivity contribution in [2.45, 2.75) is 37.4 Å². The highest BCUT2D eigenvalue weighted by Gasteiger charge is 2.22. The van der Waals surface area contributed by atoms with Gasteiger partial charge in [-0.1, -0.05) is 6.07 Å². The maximum Gasteiger partial charge on any atom is 0.238 e. The van der Waals surface area contributed by atoms with Gasteiger partial charge in [0.15, 0.2) is 0 Å². The number of primary sulfonamides is 1. The fraction of sp³-hybridized carbons (Fsp3) is 0.533. The lowest BCUT2D eigenvalue weighted by atomic mass is 10.2. The highest BCUT2D eigenvalue weighted by atomic mass is 32.2. The first-order valence-corrected chi connectivity index (χ1v) is 9.09. The molecule has 1 aliphatic heterocycles. The van der Waals surface area contributed by atoms with Crippen molar-refractivity contribution < 1.29 is 17.9 Å². The van der Waals surface area contributed by atoms with E-state index in [4.69, 9.17) is 9.88 Å². The van der Waals surface area contributed by atoms with Crippen molar-refractivity contribution in [1.82, 2.24) is 4.90 Å². The number of nitrogens with one attached hydrogen (secondary N) is 1. The van der Waals surface area contributed by atoms with E-state index >= 15 is 0 Å². The number of sulfonamides is 1. The second-order valence-corrected chi connectivity index (χ2v) is 7.45. The Hall–Kier alpha value is -1.48. The van der Waals surface area contributed by atoms with Crippen LogP contribution in [0.15, 0.2) is 29.2 Å². The van der Waals surface area contributed by atoms with Crippen LogP contribution in [0.1, 0.15) is 20.3 Å². The number of rotatable bonds is 5. The van der Waals surface area contributed by atoms with E-state index in [0.717, 1.165) is 13.1 Å². The molecular weight excluding hydrogens is 318 g/mol. The summed E-state index contributed by atoms with van der Waals surface area (Å²) in [5, 5.41) is 7.78. The van der Waals surface area contributed by atoms with Crippen LogP contribution in [-0.4, -0.2) is 51.1 Å². The molecule has 0 aliphatic carbocycles. The Morgan fingerprint density at radius 3 is 2.61 bits per heavy atom. The highest BCUT2D eigenvalue weighted by molar-refractivity contribution is 7.89. The Bertz CT molecular complexity index is 652. The zero-order valence-corrected chi connectivity index (χ0v) is 14.2. The summed E-state index contributed by atoms with van der Waals surface area (Å²) < 4.78 is 28.3. The normalized spacial score (nSPS) is 22.7. The average Bonchev–Trinajstić information content (AvgIpc) is 2.43. The molecule has 0 bridgehead atoms. The van der Waals surface area contributed by atoms with Gasteiger partial charge in [-0.25, -0.2) is 13.6 Å². The lowest BCUT2D eigenvalue weighted by molar-refractivity contribution is -0.117. The van der Waals surface area contributed by atoms with Crippen LogP contribution in [0.25, 0.3) is 0 Å². The average molecular weight is 341 g/mol. The van der Waals surface area contributed by atoms with Crippen molar-refractivity contribution >= 4 is 21.6 Å². The molecule has 2 rings (SSSR count). The Morgan fingerprint density at radius 1 is 1.35 bits per heavy atom. The summed E-state index contributed by atoms with van der Waals surface area (Å²) in [6, 6.07) is 5.92. The van der Waals surface area contributed by atoms with Crippen LogP contribution < -0.4 is 10.5 Å². The third-order valence-corrected chi connectivity index (χ3v) is 4.51. The minimum Gasteiger partial charge on any atom is -0.373 e. The fourth-order valence-corrected chi connectivity index (χ4v) is 3.26. The van der Waals surface area contributed by atoms with Crippen LogP contribution in [0.2, 0.25) is 0 Å². The van der Waals surface area contributed by atoms with Gasteiger partial charge in [-0.15, -0.1) is 0 Å². The Morgan fingerprint density at radius 2 is 2.00 bits per heavy atom. The van der Waals surface area contributed by atoms with Crippen LogP contribution in [0, 0.1) is 0 Å². The topological polar surface area (TPSA) is 102 Å². The fourth-order valence-electron chi connectivity index (χ4n) is 2.70. The van der Waals surface area contributed by atoms with Crippen LogP contribution in [-0.2, 0) is 19.6 Å². The number of benzene rings is 1. The zero-order chi connectivity index (χ0) is 17.0. The lowest BCUT2D eigenvalue weighted by Gasteiger charge is -2.35. The van der Waals surface area contributed by atoms with E-state index in [1.54, 1.807) is 12.1 Å². The molecule has 23 heavy (non-hydrogen) atoms. The molecule has 2 unspecified atom stereocenters. The Labute approximate surface area is 136 Å². The number of morpholine rings is 1. The standard InChI is InChI=1S/C15H23N3O4S/c1-11-9-18(10-12(2)22-11)7-6-15(19)17-13-4-3-5-14(8-13)23(16,20)21/h3-5,8,11-12H,6-7,9-10H2,1-2H3,(H,17,19)(H2,16,20,21). The van der Waals surface area contributed by atoms with Crippen molar-refractivity contribution in [3.05, 3.63) is 24.3 Å². The van der Waals surface area contributed by atoms with E-state index in [2.05, 4.69) is 10.2 Å². The molecule has 0 aromatic heterocycles. The van der Waals surface area contributed by atoms with E-state index in [0.29, 0.717) is 18.7 Å².